The van der Waals surface area contributed by atoms with E-state index in [2.05, 4.69) is 26.0 Å². The highest BCUT2D eigenvalue weighted by atomic mass is 79.9. The van der Waals surface area contributed by atoms with E-state index >= 15 is 0 Å². The molecule has 2 heterocycles. The van der Waals surface area contributed by atoms with Gasteiger partial charge in [-0.25, -0.2) is 0 Å². The number of hydrogen-bond donors (Lipinski definition) is 0. The van der Waals surface area contributed by atoms with Gasteiger partial charge in [0.05, 0.1) is 16.8 Å². The number of ether oxygens (including phenoxy) is 1. The minimum Gasteiger partial charge on any atom is -0.383 e. The van der Waals surface area contributed by atoms with Crippen LogP contribution in [0.4, 0.5) is 0 Å². The Balaban J connectivity index is 2.07. The third-order valence-electron chi connectivity index (χ3n) is 3.99. The standard InChI is InChI=1S/C18H21BrN4O2S/c1-11(2)23-12(3)9-14(21-23)17(24)20-18-22(7-8-25-4)15-6-5-13(19)10-16(15)26-18/h5-6,9-11H,7-8H2,1-4H3. The van der Waals surface area contributed by atoms with E-state index in [0.29, 0.717) is 23.6 Å². The topological polar surface area (TPSA) is 61.4 Å². The van der Waals surface area contributed by atoms with Crippen molar-refractivity contribution in [3.63, 3.8) is 0 Å². The summed E-state index contributed by atoms with van der Waals surface area (Å²) in [5.41, 5.74) is 2.35. The normalized spacial score (nSPS) is 12.5. The molecule has 0 aliphatic carbocycles. The SMILES string of the molecule is COCCn1c(=NC(=O)c2cc(C)n(C(C)C)n2)sc2cc(Br)ccc21. The summed E-state index contributed by atoms with van der Waals surface area (Å²) < 4.78 is 11.1. The molecule has 1 aromatic carbocycles. The number of carbonyl (C=O) groups is 1. The number of aromatic nitrogens is 3. The van der Waals surface area contributed by atoms with Gasteiger partial charge in [-0.05, 0) is 45.0 Å². The van der Waals surface area contributed by atoms with Gasteiger partial charge in [-0.1, -0.05) is 27.3 Å². The van der Waals surface area contributed by atoms with Crippen LogP contribution in [0.2, 0.25) is 0 Å². The summed E-state index contributed by atoms with van der Waals surface area (Å²) in [4.78, 5) is 17.7. The summed E-state index contributed by atoms with van der Waals surface area (Å²) in [5.74, 6) is -0.329. The smallest absolute Gasteiger partial charge is 0.300 e. The second-order valence-electron chi connectivity index (χ2n) is 6.27. The van der Waals surface area contributed by atoms with E-state index in [1.165, 1.54) is 11.3 Å². The van der Waals surface area contributed by atoms with Gasteiger partial charge in [0.25, 0.3) is 5.91 Å². The maximum absolute atomic E-state index is 12.7. The zero-order chi connectivity index (χ0) is 18.8. The van der Waals surface area contributed by atoms with Crippen LogP contribution in [0.25, 0.3) is 10.2 Å². The monoisotopic (exact) mass is 436 g/mol. The molecule has 1 amide bonds. The van der Waals surface area contributed by atoms with Crippen molar-refractivity contribution in [1.82, 2.24) is 14.3 Å². The average Bonchev–Trinajstić information content (AvgIpc) is 3.13. The Bertz CT molecular complexity index is 1020. The summed E-state index contributed by atoms with van der Waals surface area (Å²) in [6.07, 6.45) is 0. The van der Waals surface area contributed by atoms with Crippen LogP contribution >= 0.6 is 27.3 Å². The molecule has 26 heavy (non-hydrogen) atoms. The van der Waals surface area contributed by atoms with Crippen molar-refractivity contribution in [2.45, 2.75) is 33.4 Å². The van der Waals surface area contributed by atoms with Gasteiger partial charge in [0.15, 0.2) is 10.5 Å². The first kappa shape index (κ1) is 19.0. The van der Waals surface area contributed by atoms with Gasteiger partial charge < -0.3 is 9.30 Å². The number of halogens is 1. The first-order valence-electron chi connectivity index (χ1n) is 8.33. The maximum Gasteiger partial charge on any atom is 0.300 e. The van der Waals surface area contributed by atoms with Crippen LogP contribution in [-0.2, 0) is 11.3 Å². The number of aryl methyl sites for hydroxylation is 1. The lowest BCUT2D eigenvalue weighted by molar-refractivity contribution is 0.0991. The molecule has 0 aliphatic rings. The van der Waals surface area contributed by atoms with Gasteiger partial charge in [-0.3, -0.25) is 9.48 Å². The number of benzene rings is 1. The number of rotatable bonds is 5. The zero-order valence-electron chi connectivity index (χ0n) is 15.2. The molecule has 0 unspecified atom stereocenters. The van der Waals surface area contributed by atoms with Gasteiger partial charge in [0.1, 0.15) is 0 Å². The summed E-state index contributed by atoms with van der Waals surface area (Å²) in [6.45, 7) is 7.19. The van der Waals surface area contributed by atoms with Crippen molar-refractivity contribution in [3.05, 3.63) is 44.9 Å². The molecule has 0 atom stereocenters. The number of hydrogen-bond acceptors (Lipinski definition) is 4. The Labute approximate surface area is 164 Å². The molecule has 3 aromatic rings. The van der Waals surface area contributed by atoms with Crippen molar-refractivity contribution in [2.24, 2.45) is 4.99 Å². The molecule has 0 saturated carbocycles. The number of thiazole rings is 1. The fourth-order valence-electron chi connectivity index (χ4n) is 2.79. The molecule has 6 nitrogen and oxygen atoms in total. The van der Waals surface area contributed by atoms with Gasteiger partial charge >= 0.3 is 0 Å². The van der Waals surface area contributed by atoms with Crippen LogP contribution < -0.4 is 4.80 Å². The number of methoxy groups -OCH3 is 1. The second kappa shape index (κ2) is 7.85. The highest BCUT2D eigenvalue weighted by Gasteiger charge is 2.14. The van der Waals surface area contributed by atoms with E-state index in [9.17, 15) is 4.79 Å². The maximum atomic E-state index is 12.7. The van der Waals surface area contributed by atoms with Crippen molar-refractivity contribution >= 4 is 43.4 Å². The molecule has 8 heteroatoms. The second-order valence-corrected chi connectivity index (χ2v) is 8.19. The van der Waals surface area contributed by atoms with E-state index < -0.39 is 0 Å². The van der Waals surface area contributed by atoms with E-state index in [-0.39, 0.29) is 11.9 Å². The summed E-state index contributed by atoms with van der Waals surface area (Å²) in [7, 11) is 1.66. The molecule has 0 N–H and O–H groups in total. The largest absolute Gasteiger partial charge is 0.383 e. The molecular formula is C18H21BrN4O2S. The number of carbonyl (C=O) groups excluding carboxylic acids is 1. The number of amides is 1. The quantitative estimate of drug-likeness (QED) is 0.608. The van der Waals surface area contributed by atoms with E-state index in [4.69, 9.17) is 4.74 Å². The average molecular weight is 437 g/mol. The van der Waals surface area contributed by atoms with E-state index in [1.807, 2.05) is 48.2 Å². The molecular weight excluding hydrogens is 416 g/mol. The molecule has 0 fully saturated rings. The lowest BCUT2D eigenvalue weighted by atomic mass is 10.3. The van der Waals surface area contributed by atoms with Crippen LogP contribution in [0.5, 0.6) is 0 Å². The Hall–Kier alpha value is -1.77. The Morgan fingerprint density at radius 1 is 1.38 bits per heavy atom. The van der Waals surface area contributed by atoms with Gasteiger partial charge in [-0.15, -0.1) is 0 Å². The number of fused-ring (bicyclic) bond motifs is 1. The number of nitrogens with zero attached hydrogens (tertiary/aromatic N) is 4. The first-order chi connectivity index (χ1) is 12.4. The summed E-state index contributed by atoms with van der Waals surface area (Å²) in [5, 5.41) is 4.40. The van der Waals surface area contributed by atoms with Gasteiger partial charge in [0.2, 0.25) is 0 Å². The molecule has 0 aliphatic heterocycles. The van der Waals surface area contributed by atoms with Crippen molar-refractivity contribution in [1.29, 1.82) is 0 Å². The molecule has 0 saturated heterocycles. The Morgan fingerprint density at radius 3 is 2.81 bits per heavy atom. The Morgan fingerprint density at radius 2 is 2.15 bits per heavy atom. The van der Waals surface area contributed by atoms with E-state index in [1.54, 1.807) is 13.2 Å². The minimum absolute atomic E-state index is 0.199. The van der Waals surface area contributed by atoms with Crippen molar-refractivity contribution in [3.8, 4) is 0 Å². The zero-order valence-corrected chi connectivity index (χ0v) is 17.6. The van der Waals surface area contributed by atoms with Crippen LogP contribution in [0, 0.1) is 6.92 Å². The lowest BCUT2D eigenvalue weighted by Crippen LogP contribution is -2.19. The predicted octanol–water partition coefficient (Wildman–Crippen LogP) is 3.94. The first-order valence-corrected chi connectivity index (χ1v) is 9.94. The minimum atomic E-state index is -0.329. The molecule has 138 valence electrons. The molecule has 0 bridgehead atoms. The highest BCUT2D eigenvalue weighted by Crippen LogP contribution is 2.22. The fourth-order valence-corrected chi connectivity index (χ4v) is 4.40. The van der Waals surface area contributed by atoms with Gasteiger partial charge in [0, 0.05) is 29.9 Å². The molecule has 0 spiro atoms. The van der Waals surface area contributed by atoms with Gasteiger partial charge in [-0.2, -0.15) is 10.1 Å². The van der Waals surface area contributed by atoms with Crippen molar-refractivity contribution in [2.75, 3.05) is 13.7 Å². The molecule has 2 aromatic heterocycles. The highest BCUT2D eigenvalue weighted by molar-refractivity contribution is 9.10. The lowest BCUT2D eigenvalue weighted by Gasteiger charge is -2.06. The third-order valence-corrected chi connectivity index (χ3v) is 5.53. The summed E-state index contributed by atoms with van der Waals surface area (Å²) >= 11 is 4.98. The van der Waals surface area contributed by atoms with Crippen LogP contribution in [0.3, 0.4) is 0 Å². The Kier molecular flexibility index (Phi) is 5.74. The summed E-state index contributed by atoms with van der Waals surface area (Å²) in [6, 6.07) is 8.02. The van der Waals surface area contributed by atoms with Crippen LogP contribution in [0.1, 0.15) is 36.1 Å². The molecule has 0 radical (unpaired) electrons. The van der Waals surface area contributed by atoms with Crippen LogP contribution in [-0.4, -0.2) is 34.0 Å². The molecule has 3 rings (SSSR count). The predicted molar refractivity (Wildman–Crippen MR) is 107 cm³/mol. The fraction of sp³-hybridized carbons (Fsp3) is 0.389. The third kappa shape index (κ3) is 3.82. The van der Waals surface area contributed by atoms with E-state index in [0.717, 1.165) is 20.4 Å². The van der Waals surface area contributed by atoms with Crippen LogP contribution in [0.15, 0.2) is 33.7 Å². The van der Waals surface area contributed by atoms with Crippen molar-refractivity contribution < 1.29 is 9.53 Å².